The summed E-state index contributed by atoms with van der Waals surface area (Å²) in [5, 5.41) is 18.3. The molecular formula is C11H20O2. The van der Waals surface area contributed by atoms with Gasteiger partial charge in [0.05, 0.1) is 6.10 Å². The summed E-state index contributed by atoms with van der Waals surface area (Å²) in [5.74, 6) is 2.12. The second kappa shape index (κ2) is 8.10. The Morgan fingerprint density at radius 3 is 2.31 bits per heavy atom. The Morgan fingerprint density at radius 1 is 1.15 bits per heavy atom. The van der Waals surface area contributed by atoms with Crippen LogP contribution in [0.3, 0.4) is 0 Å². The molecule has 2 nitrogen and oxygen atoms in total. The van der Waals surface area contributed by atoms with Gasteiger partial charge in [-0.15, -0.1) is 6.42 Å². The fraction of sp³-hybridized carbons (Fsp3) is 0.818. The molecule has 0 aromatic carbocycles. The van der Waals surface area contributed by atoms with Crippen molar-refractivity contribution in [3.05, 3.63) is 0 Å². The molecule has 0 aromatic heterocycles. The van der Waals surface area contributed by atoms with Gasteiger partial charge in [0.15, 0.2) is 0 Å². The molecule has 0 bridgehead atoms. The van der Waals surface area contributed by atoms with Crippen LogP contribution in [0.4, 0.5) is 0 Å². The largest absolute Gasteiger partial charge is 0.389 e. The highest BCUT2D eigenvalue weighted by Gasteiger charge is 2.11. The first kappa shape index (κ1) is 12.5. The summed E-state index contributed by atoms with van der Waals surface area (Å²) in [6.45, 7) is 2.16. The molecule has 2 unspecified atom stereocenters. The van der Waals surface area contributed by atoms with E-state index in [1.807, 2.05) is 0 Å². The standard InChI is InChI=1S/C11H20O2/c1-3-5-6-7-8-9-11(13)10(12)4-2/h2,10-13H,3,5-9H2,1H3. The Bertz CT molecular complexity index is 149. The highest BCUT2D eigenvalue weighted by Crippen LogP contribution is 2.08. The molecule has 2 atom stereocenters. The fourth-order valence-corrected chi connectivity index (χ4v) is 1.23. The van der Waals surface area contributed by atoms with E-state index in [1.165, 1.54) is 19.3 Å². The first-order valence-corrected chi connectivity index (χ1v) is 5.04. The third-order valence-electron chi connectivity index (χ3n) is 2.14. The molecule has 0 amide bonds. The van der Waals surface area contributed by atoms with Gasteiger partial charge in [-0.05, 0) is 6.42 Å². The minimum atomic E-state index is -0.994. The zero-order valence-electron chi connectivity index (χ0n) is 8.37. The Hall–Kier alpha value is -0.520. The van der Waals surface area contributed by atoms with Crippen LogP contribution < -0.4 is 0 Å². The molecule has 0 aliphatic carbocycles. The van der Waals surface area contributed by atoms with E-state index >= 15 is 0 Å². The van der Waals surface area contributed by atoms with E-state index in [9.17, 15) is 5.11 Å². The molecule has 76 valence electrons. The van der Waals surface area contributed by atoms with E-state index in [0.717, 1.165) is 12.8 Å². The number of terminal acetylenes is 1. The van der Waals surface area contributed by atoms with E-state index in [4.69, 9.17) is 11.5 Å². The van der Waals surface area contributed by atoms with Crippen molar-refractivity contribution >= 4 is 0 Å². The van der Waals surface area contributed by atoms with Gasteiger partial charge in [0.25, 0.3) is 0 Å². The maximum atomic E-state index is 9.28. The molecule has 0 aliphatic heterocycles. The van der Waals surface area contributed by atoms with Gasteiger partial charge in [0.1, 0.15) is 6.10 Å². The zero-order valence-corrected chi connectivity index (χ0v) is 8.37. The molecule has 0 radical (unpaired) electrons. The first-order chi connectivity index (χ1) is 6.22. The lowest BCUT2D eigenvalue weighted by atomic mass is 10.1. The molecule has 0 spiro atoms. The lowest BCUT2D eigenvalue weighted by molar-refractivity contribution is 0.0470. The van der Waals surface area contributed by atoms with Crippen molar-refractivity contribution in [3.8, 4) is 12.3 Å². The topological polar surface area (TPSA) is 40.5 Å². The third-order valence-corrected chi connectivity index (χ3v) is 2.14. The van der Waals surface area contributed by atoms with Gasteiger partial charge in [-0.2, -0.15) is 0 Å². The highest BCUT2D eigenvalue weighted by atomic mass is 16.3. The number of hydrogen-bond acceptors (Lipinski definition) is 2. The van der Waals surface area contributed by atoms with Gasteiger partial charge in [0, 0.05) is 0 Å². The van der Waals surface area contributed by atoms with Gasteiger partial charge in [-0.3, -0.25) is 0 Å². The minimum Gasteiger partial charge on any atom is -0.389 e. The van der Waals surface area contributed by atoms with Crippen molar-refractivity contribution in [2.45, 2.75) is 57.7 Å². The number of unbranched alkanes of at least 4 members (excludes halogenated alkanes) is 4. The van der Waals surface area contributed by atoms with Gasteiger partial charge in [-0.25, -0.2) is 0 Å². The number of aliphatic hydroxyl groups is 2. The number of aliphatic hydroxyl groups excluding tert-OH is 2. The Labute approximate surface area is 81.0 Å². The molecule has 0 aliphatic rings. The monoisotopic (exact) mass is 184 g/mol. The average molecular weight is 184 g/mol. The molecule has 0 rings (SSSR count). The van der Waals surface area contributed by atoms with Crippen molar-refractivity contribution in [1.29, 1.82) is 0 Å². The summed E-state index contributed by atoms with van der Waals surface area (Å²) in [6, 6.07) is 0. The van der Waals surface area contributed by atoms with Gasteiger partial charge in [-0.1, -0.05) is 44.9 Å². The SMILES string of the molecule is C#CC(O)C(O)CCCCCCC. The van der Waals surface area contributed by atoms with Crippen molar-refractivity contribution in [1.82, 2.24) is 0 Å². The Kier molecular flexibility index (Phi) is 7.77. The Balaban J connectivity index is 3.28. The molecule has 2 N–H and O–H groups in total. The summed E-state index contributed by atoms with van der Waals surface area (Å²) >= 11 is 0. The molecule has 0 saturated heterocycles. The van der Waals surface area contributed by atoms with Crippen LogP contribution in [0.5, 0.6) is 0 Å². The quantitative estimate of drug-likeness (QED) is 0.467. The molecule has 13 heavy (non-hydrogen) atoms. The van der Waals surface area contributed by atoms with Crippen molar-refractivity contribution in [3.63, 3.8) is 0 Å². The van der Waals surface area contributed by atoms with Crippen LogP contribution >= 0.6 is 0 Å². The fourth-order valence-electron chi connectivity index (χ4n) is 1.23. The summed E-state index contributed by atoms with van der Waals surface area (Å²) in [4.78, 5) is 0. The Morgan fingerprint density at radius 2 is 1.77 bits per heavy atom. The van der Waals surface area contributed by atoms with Crippen molar-refractivity contribution in [2.24, 2.45) is 0 Å². The minimum absolute atomic E-state index is 0.606. The molecule has 0 aromatic rings. The molecule has 0 heterocycles. The van der Waals surface area contributed by atoms with Crippen LogP contribution in [0.2, 0.25) is 0 Å². The van der Waals surface area contributed by atoms with E-state index in [1.54, 1.807) is 0 Å². The molecule has 0 fully saturated rings. The lowest BCUT2D eigenvalue weighted by Gasteiger charge is -2.11. The lowest BCUT2D eigenvalue weighted by Crippen LogP contribution is -2.23. The third kappa shape index (κ3) is 6.62. The highest BCUT2D eigenvalue weighted by molar-refractivity contribution is 4.96. The smallest absolute Gasteiger partial charge is 0.140 e. The molecule has 0 saturated carbocycles. The van der Waals surface area contributed by atoms with E-state index in [0.29, 0.717) is 6.42 Å². The van der Waals surface area contributed by atoms with E-state index in [-0.39, 0.29) is 0 Å². The van der Waals surface area contributed by atoms with Crippen molar-refractivity contribution in [2.75, 3.05) is 0 Å². The van der Waals surface area contributed by atoms with Gasteiger partial charge < -0.3 is 10.2 Å². The van der Waals surface area contributed by atoms with Gasteiger partial charge >= 0.3 is 0 Å². The normalized spacial score (nSPS) is 14.9. The second-order valence-electron chi connectivity index (χ2n) is 3.38. The number of hydrogen-bond donors (Lipinski definition) is 2. The summed E-state index contributed by atoms with van der Waals surface area (Å²) < 4.78 is 0. The maximum Gasteiger partial charge on any atom is 0.140 e. The molecule has 2 heteroatoms. The second-order valence-corrected chi connectivity index (χ2v) is 3.38. The van der Waals surface area contributed by atoms with E-state index in [2.05, 4.69) is 12.8 Å². The van der Waals surface area contributed by atoms with Gasteiger partial charge in [0.2, 0.25) is 0 Å². The molecular weight excluding hydrogens is 164 g/mol. The van der Waals surface area contributed by atoms with Crippen LogP contribution in [0.1, 0.15) is 45.4 Å². The van der Waals surface area contributed by atoms with Crippen LogP contribution in [-0.4, -0.2) is 22.4 Å². The first-order valence-electron chi connectivity index (χ1n) is 5.04. The predicted octanol–water partition coefficient (Wildman–Crippen LogP) is 1.70. The predicted molar refractivity (Wildman–Crippen MR) is 54.2 cm³/mol. The summed E-state index contributed by atoms with van der Waals surface area (Å²) in [6.07, 6.45) is 9.56. The van der Waals surface area contributed by atoms with E-state index < -0.39 is 12.2 Å². The summed E-state index contributed by atoms with van der Waals surface area (Å²) in [7, 11) is 0. The van der Waals surface area contributed by atoms with Crippen molar-refractivity contribution < 1.29 is 10.2 Å². The van der Waals surface area contributed by atoms with Crippen LogP contribution in [0, 0.1) is 12.3 Å². The van der Waals surface area contributed by atoms with Crippen LogP contribution in [-0.2, 0) is 0 Å². The number of rotatable bonds is 7. The summed E-state index contributed by atoms with van der Waals surface area (Å²) in [5.41, 5.74) is 0. The van der Waals surface area contributed by atoms with Crippen LogP contribution in [0.15, 0.2) is 0 Å². The van der Waals surface area contributed by atoms with Crippen LogP contribution in [0.25, 0.3) is 0 Å². The maximum absolute atomic E-state index is 9.28. The average Bonchev–Trinajstić information content (AvgIpc) is 2.16. The zero-order chi connectivity index (χ0) is 10.1.